The number of aliphatic hydroxyl groups excluding tert-OH is 1. The Bertz CT molecular complexity index is 292. The molecular weight excluding hydrogens is 198 g/mol. The van der Waals surface area contributed by atoms with Crippen molar-refractivity contribution in [1.82, 2.24) is 4.90 Å². The Balaban J connectivity index is 2.56. The van der Waals surface area contributed by atoms with E-state index < -0.39 is 0 Å². The molecular formula is C14H23NO. The summed E-state index contributed by atoms with van der Waals surface area (Å²) in [5, 5.41) is 9.92. The first-order valence-electron chi connectivity index (χ1n) is 6.05. The minimum absolute atomic E-state index is 0.379. The fourth-order valence-corrected chi connectivity index (χ4v) is 1.74. The summed E-state index contributed by atoms with van der Waals surface area (Å²) in [6, 6.07) is 8.34. The number of unbranched alkanes of at least 4 members (excludes halogenated alkanes) is 1. The summed E-state index contributed by atoms with van der Waals surface area (Å²) < 4.78 is 0. The van der Waals surface area contributed by atoms with Gasteiger partial charge in [0.25, 0.3) is 0 Å². The summed E-state index contributed by atoms with van der Waals surface area (Å²) in [6.07, 6.45) is 3.22. The Hall–Kier alpha value is -0.860. The van der Waals surface area contributed by atoms with E-state index in [1.54, 1.807) is 0 Å². The van der Waals surface area contributed by atoms with Crippen LogP contribution in [0.25, 0.3) is 0 Å². The molecule has 0 saturated carbocycles. The third-order valence-electron chi connectivity index (χ3n) is 2.72. The number of aryl methyl sites for hydroxylation is 1. The predicted molar refractivity (Wildman–Crippen MR) is 68.6 cm³/mol. The van der Waals surface area contributed by atoms with Crippen LogP contribution in [0.15, 0.2) is 24.3 Å². The Morgan fingerprint density at radius 1 is 1.19 bits per heavy atom. The van der Waals surface area contributed by atoms with Crippen LogP contribution in [-0.4, -0.2) is 30.6 Å². The smallest absolute Gasteiger partial charge is 0.0916 e. The van der Waals surface area contributed by atoms with Crippen molar-refractivity contribution >= 4 is 0 Å². The third kappa shape index (κ3) is 4.33. The molecule has 0 aromatic heterocycles. The molecule has 0 amide bonds. The van der Waals surface area contributed by atoms with Gasteiger partial charge in [-0.05, 0) is 38.1 Å². The normalized spacial score (nSPS) is 13.1. The molecule has 1 aromatic rings. The summed E-state index contributed by atoms with van der Waals surface area (Å²) in [5.41, 5.74) is 2.37. The van der Waals surface area contributed by atoms with E-state index in [9.17, 15) is 5.11 Å². The molecule has 2 heteroatoms. The van der Waals surface area contributed by atoms with Crippen LogP contribution in [0.5, 0.6) is 0 Å². The summed E-state index contributed by atoms with van der Waals surface area (Å²) in [7, 11) is 3.94. The van der Waals surface area contributed by atoms with Crippen LogP contribution in [-0.2, 0) is 6.42 Å². The van der Waals surface area contributed by atoms with Crippen LogP contribution in [0.3, 0.4) is 0 Å². The van der Waals surface area contributed by atoms with Gasteiger partial charge in [0.15, 0.2) is 0 Å². The SMILES string of the molecule is CCCCc1ccc(C(O)CN(C)C)cc1. The number of rotatable bonds is 6. The monoisotopic (exact) mass is 221 g/mol. The molecule has 1 atom stereocenters. The van der Waals surface area contributed by atoms with Crippen molar-refractivity contribution in [2.24, 2.45) is 0 Å². The molecule has 0 spiro atoms. The Kier molecular flexibility index (Phi) is 5.50. The third-order valence-corrected chi connectivity index (χ3v) is 2.72. The average Bonchev–Trinajstić information content (AvgIpc) is 2.26. The van der Waals surface area contributed by atoms with Crippen molar-refractivity contribution < 1.29 is 5.11 Å². The van der Waals surface area contributed by atoms with Crippen LogP contribution < -0.4 is 0 Å². The maximum absolute atomic E-state index is 9.92. The zero-order valence-corrected chi connectivity index (χ0v) is 10.6. The van der Waals surface area contributed by atoms with Crippen molar-refractivity contribution in [3.63, 3.8) is 0 Å². The molecule has 0 radical (unpaired) electrons. The first-order valence-corrected chi connectivity index (χ1v) is 6.05. The minimum atomic E-state index is -0.379. The molecule has 0 saturated heterocycles. The van der Waals surface area contributed by atoms with E-state index in [4.69, 9.17) is 0 Å². The zero-order valence-electron chi connectivity index (χ0n) is 10.6. The highest BCUT2D eigenvalue weighted by Crippen LogP contribution is 2.15. The van der Waals surface area contributed by atoms with E-state index in [0.29, 0.717) is 6.54 Å². The van der Waals surface area contributed by atoms with Crippen LogP contribution in [0.2, 0.25) is 0 Å². The number of nitrogens with zero attached hydrogens (tertiary/aromatic N) is 1. The highest BCUT2D eigenvalue weighted by Gasteiger charge is 2.07. The van der Waals surface area contributed by atoms with Gasteiger partial charge in [-0.2, -0.15) is 0 Å². The molecule has 0 aliphatic rings. The maximum Gasteiger partial charge on any atom is 0.0916 e. The first kappa shape index (κ1) is 13.2. The lowest BCUT2D eigenvalue weighted by atomic mass is 10.0. The van der Waals surface area contributed by atoms with Gasteiger partial charge >= 0.3 is 0 Å². The second-order valence-electron chi connectivity index (χ2n) is 4.62. The zero-order chi connectivity index (χ0) is 12.0. The van der Waals surface area contributed by atoms with Crippen LogP contribution in [0.4, 0.5) is 0 Å². The predicted octanol–water partition coefficient (Wildman–Crippen LogP) is 2.62. The molecule has 0 fully saturated rings. The largest absolute Gasteiger partial charge is 0.387 e. The molecule has 1 rings (SSSR count). The molecule has 2 nitrogen and oxygen atoms in total. The van der Waals surface area contributed by atoms with Crippen LogP contribution in [0, 0.1) is 0 Å². The van der Waals surface area contributed by atoms with Gasteiger partial charge in [0.05, 0.1) is 6.10 Å². The fraction of sp³-hybridized carbons (Fsp3) is 0.571. The van der Waals surface area contributed by atoms with Crippen molar-refractivity contribution in [1.29, 1.82) is 0 Å². The molecule has 1 unspecified atom stereocenters. The number of aliphatic hydroxyl groups is 1. The molecule has 1 aromatic carbocycles. The lowest BCUT2D eigenvalue weighted by Crippen LogP contribution is -2.19. The Morgan fingerprint density at radius 2 is 1.81 bits per heavy atom. The van der Waals surface area contributed by atoms with Gasteiger partial charge in [0.2, 0.25) is 0 Å². The van der Waals surface area contributed by atoms with Crippen molar-refractivity contribution in [2.75, 3.05) is 20.6 Å². The molecule has 0 aliphatic carbocycles. The minimum Gasteiger partial charge on any atom is -0.387 e. The van der Waals surface area contributed by atoms with Gasteiger partial charge in [-0.15, -0.1) is 0 Å². The second kappa shape index (κ2) is 6.66. The summed E-state index contributed by atoms with van der Waals surface area (Å²) >= 11 is 0. The molecule has 0 heterocycles. The van der Waals surface area contributed by atoms with Crippen molar-refractivity contribution in [2.45, 2.75) is 32.3 Å². The van der Waals surface area contributed by atoms with Gasteiger partial charge in [-0.3, -0.25) is 0 Å². The standard InChI is InChI=1S/C14H23NO/c1-4-5-6-12-7-9-13(10-8-12)14(16)11-15(2)3/h7-10,14,16H,4-6,11H2,1-3H3. The summed E-state index contributed by atoms with van der Waals surface area (Å²) in [6.45, 7) is 2.88. The molecule has 0 bridgehead atoms. The Labute approximate surface area is 98.9 Å². The van der Waals surface area contributed by atoms with E-state index in [1.165, 1.54) is 18.4 Å². The van der Waals surface area contributed by atoms with Crippen molar-refractivity contribution in [3.8, 4) is 0 Å². The lowest BCUT2D eigenvalue weighted by Gasteiger charge is -2.16. The quantitative estimate of drug-likeness (QED) is 0.798. The van der Waals surface area contributed by atoms with Crippen LogP contribution >= 0.6 is 0 Å². The summed E-state index contributed by atoms with van der Waals surface area (Å²) in [5.74, 6) is 0. The van der Waals surface area contributed by atoms with Gasteiger partial charge in [0.1, 0.15) is 0 Å². The molecule has 90 valence electrons. The number of benzene rings is 1. The lowest BCUT2D eigenvalue weighted by molar-refractivity contribution is 0.138. The number of hydrogen-bond donors (Lipinski definition) is 1. The molecule has 1 N–H and O–H groups in total. The van der Waals surface area contributed by atoms with E-state index in [2.05, 4.69) is 19.1 Å². The van der Waals surface area contributed by atoms with Crippen molar-refractivity contribution in [3.05, 3.63) is 35.4 Å². The van der Waals surface area contributed by atoms with Gasteiger partial charge < -0.3 is 10.0 Å². The van der Waals surface area contributed by atoms with Gasteiger partial charge in [-0.25, -0.2) is 0 Å². The topological polar surface area (TPSA) is 23.5 Å². The molecule has 16 heavy (non-hydrogen) atoms. The van der Waals surface area contributed by atoms with E-state index in [0.717, 1.165) is 12.0 Å². The fourth-order valence-electron chi connectivity index (χ4n) is 1.74. The van der Waals surface area contributed by atoms with Gasteiger partial charge in [0, 0.05) is 6.54 Å². The maximum atomic E-state index is 9.92. The average molecular weight is 221 g/mol. The van der Waals surface area contributed by atoms with E-state index >= 15 is 0 Å². The summed E-state index contributed by atoms with van der Waals surface area (Å²) in [4.78, 5) is 2.00. The van der Waals surface area contributed by atoms with E-state index in [1.807, 2.05) is 31.1 Å². The van der Waals surface area contributed by atoms with Gasteiger partial charge in [-0.1, -0.05) is 37.6 Å². The number of hydrogen-bond acceptors (Lipinski definition) is 2. The van der Waals surface area contributed by atoms with Crippen LogP contribution in [0.1, 0.15) is 37.0 Å². The second-order valence-corrected chi connectivity index (χ2v) is 4.62. The Morgan fingerprint density at radius 3 is 2.31 bits per heavy atom. The highest BCUT2D eigenvalue weighted by molar-refractivity contribution is 5.24. The number of likely N-dealkylation sites (N-methyl/N-ethyl adjacent to an activating group) is 1. The first-order chi connectivity index (χ1) is 7.63. The van der Waals surface area contributed by atoms with E-state index in [-0.39, 0.29) is 6.10 Å². The highest BCUT2D eigenvalue weighted by atomic mass is 16.3. The molecule has 0 aliphatic heterocycles.